The van der Waals surface area contributed by atoms with Crippen molar-refractivity contribution in [2.75, 3.05) is 7.11 Å². The third-order valence-corrected chi connectivity index (χ3v) is 4.83. The van der Waals surface area contributed by atoms with Crippen LogP contribution in [-0.2, 0) is 14.8 Å². The molecule has 6 nitrogen and oxygen atoms in total. The maximum Gasteiger partial charge on any atom is 0.322 e. The molecule has 0 aliphatic rings. The van der Waals surface area contributed by atoms with Gasteiger partial charge in [0, 0.05) is 0 Å². The molecule has 0 amide bonds. The standard InChI is InChI=1S/C13H18ClNO5S/c1-7(2)12(13(16)17)15-21(18,19)11-6-9(14)10(20-4)5-8(11)3/h5-7,12,15H,1-4H3,(H,16,17)/t12-/m0/s1. The van der Waals surface area contributed by atoms with E-state index in [-0.39, 0.29) is 9.92 Å². The highest BCUT2D eigenvalue weighted by Gasteiger charge is 2.29. The zero-order valence-electron chi connectivity index (χ0n) is 12.2. The van der Waals surface area contributed by atoms with E-state index in [1.807, 2.05) is 0 Å². The number of methoxy groups -OCH3 is 1. The van der Waals surface area contributed by atoms with Crippen LogP contribution >= 0.6 is 11.6 Å². The Morgan fingerprint density at radius 1 is 1.38 bits per heavy atom. The number of hydrogen-bond acceptors (Lipinski definition) is 4. The van der Waals surface area contributed by atoms with Crippen LogP contribution in [0.25, 0.3) is 0 Å². The minimum Gasteiger partial charge on any atom is -0.495 e. The normalized spacial score (nSPS) is 13.2. The number of aliphatic carboxylic acids is 1. The summed E-state index contributed by atoms with van der Waals surface area (Å²) < 4.78 is 31.9. The number of ether oxygens (including phenoxy) is 1. The van der Waals surface area contributed by atoms with E-state index in [4.69, 9.17) is 21.4 Å². The largest absolute Gasteiger partial charge is 0.495 e. The van der Waals surface area contributed by atoms with Crippen molar-refractivity contribution in [2.24, 2.45) is 5.92 Å². The van der Waals surface area contributed by atoms with Gasteiger partial charge in [-0.15, -0.1) is 0 Å². The van der Waals surface area contributed by atoms with Crippen LogP contribution in [0.4, 0.5) is 0 Å². The lowest BCUT2D eigenvalue weighted by atomic mass is 10.1. The lowest BCUT2D eigenvalue weighted by molar-refractivity contribution is -0.140. The second kappa shape index (κ2) is 6.64. The van der Waals surface area contributed by atoms with Crippen LogP contribution in [0.5, 0.6) is 5.75 Å². The molecule has 8 heteroatoms. The van der Waals surface area contributed by atoms with E-state index in [1.54, 1.807) is 20.8 Å². The lowest BCUT2D eigenvalue weighted by Crippen LogP contribution is -2.44. The Bertz CT molecular complexity index is 642. The van der Waals surface area contributed by atoms with Gasteiger partial charge in [-0.05, 0) is 30.5 Å². The predicted molar refractivity (Wildman–Crippen MR) is 79.3 cm³/mol. The van der Waals surface area contributed by atoms with Crippen LogP contribution in [0.15, 0.2) is 17.0 Å². The van der Waals surface area contributed by atoms with Crippen LogP contribution < -0.4 is 9.46 Å². The van der Waals surface area contributed by atoms with Gasteiger partial charge in [-0.1, -0.05) is 25.4 Å². The molecule has 0 aliphatic heterocycles. The molecule has 1 rings (SSSR count). The number of halogens is 1. The molecule has 0 bridgehead atoms. The Hall–Kier alpha value is -1.31. The van der Waals surface area contributed by atoms with Crippen molar-refractivity contribution >= 4 is 27.6 Å². The Morgan fingerprint density at radius 3 is 2.38 bits per heavy atom. The van der Waals surface area contributed by atoms with Gasteiger partial charge in [0.1, 0.15) is 11.8 Å². The smallest absolute Gasteiger partial charge is 0.322 e. The number of nitrogens with one attached hydrogen (secondary N) is 1. The van der Waals surface area contributed by atoms with Crippen molar-refractivity contribution in [3.8, 4) is 5.75 Å². The van der Waals surface area contributed by atoms with E-state index in [0.29, 0.717) is 11.3 Å². The molecule has 118 valence electrons. The Morgan fingerprint density at radius 2 is 1.95 bits per heavy atom. The molecule has 0 heterocycles. The molecule has 0 aromatic heterocycles. The van der Waals surface area contributed by atoms with Crippen molar-refractivity contribution in [1.29, 1.82) is 0 Å². The molecule has 0 fully saturated rings. The Labute approximate surface area is 129 Å². The summed E-state index contributed by atoms with van der Waals surface area (Å²) in [5, 5.41) is 9.23. The average molecular weight is 336 g/mol. The summed E-state index contributed by atoms with van der Waals surface area (Å²) in [6, 6.07) is 1.52. The lowest BCUT2D eigenvalue weighted by Gasteiger charge is -2.19. The van der Waals surface area contributed by atoms with Gasteiger partial charge >= 0.3 is 5.97 Å². The molecule has 0 spiro atoms. The fourth-order valence-corrected chi connectivity index (χ4v) is 3.68. The van der Waals surface area contributed by atoms with Crippen molar-refractivity contribution in [3.63, 3.8) is 0 Å². The summed E-state index contributed by atoms with van der Waals surface area (Å²) in [6.07, 6.45) is 0. The van der Waals surface area contributed by atoms with Gasteiger partial charge in [0.15, 0.2) is 0 Å². The molecule has 1 aromatic carbocycles. The van der Waals surface area contributed by atoms with Gasteiger partial charge in [-0.3, -0.25) is 4.79 Å². The summed E-state index contributed by atoms with van der Waals surface area (Å²) in [4.78, 5) is 11.1. The number of hydrogen-bond donors (Lipinski definition) is 2. The number of rotatable bonds is 6. The molecule has 0 radical (unpaired) electrons. The van der Waals surface area contributed by atoms with E-state index >= 15 is 0 Å². The van der Waals surface area contributed by atoms with E-state index in [2.05, 4.69) is 4.72 Å². The minimum absolute atomic E-state index is 0.0693. The molecular weight excluding hydrogens is 318 g/mol. The van der Waals surface area contributed by atoms with Gasteiger partial charge < -0.3 is 9.84 Å². The molecule has 21 heavy (non-hydrogen) atoms. The third kappa shape index (κ3) is 4.09. The first-order valence-electron chi connectivity index (χ1n) is 6.19. The molecule has 0 unspecified atom stereocenters. The molecule has 0 aliphatic carbocycles. The van der Waals surface area contributed by atoms with E-state index in [9.17, 15) is 13.2 Å². The highest BCUT2D eigenvalue weighted by molar-refractivity contribution is 7.89. The number of sulfonamides is 1. The second-order valence-electron chi connectivity index (χ2n) is 4.93. The van der Waals surface area contributed by atoms with Gasteiger partial charge in [-0.2, -0.15) is 4.72 Å². The van der Waals surface area contributed by atoms with Crippen molar-refractivity contribution in [1.82, 2.24) is 4.72 Å². The summed E-state index contributed by atoms with van der Waals surface area (Å²) in [5.74, 6) is -1.27. The van der Waals surface area contributed by atoms with Crippen LogP contribution in [0, 0.1) is 12.8 Å². The first kappa shape index (κ1) is 17.7. The fraction of sp³-hybridized carbons (Fsp3) is 0.462. The fourth-order valence-electron chi connectivity index (χ4n) is 1.78. The van der Waals surface area contributed by atoms with Crippen LogP contribution in [0.1, 0.15) is 19.4 Å². The Kier molecular flexibility index (Phi) is 5.61. The monoisotopic (exact) mass is 335 g/mol. The van der Waals surface area contributed by atoms with Gasteiger partial charge in [0.05, 0.1) is 17.0 Å². The average Bonchev–Trinajstić information content (AvgIpc) is 2.37. The van der Waals surface area contributed by atoms with Gasteiger partial charge in [0.25, 0.3) is 0 Å². The maximum atomic E-state index is 12.4. The highest BCUT2D eigenvalue weighted by atomic mass is 35.5. The van der Waals surface area contributed by atoms with Gasteiger partial charge in [-0.25, -0.2) is 8.42 Å². The molecule has 2 N–H and O–H groups in total. The molecule has 1 aromatic rings. The third-order valence-electron chi connectivity index (χ3n) is 2.95. The predicted octanol–water partition coefficient (Wildman–Crippen LogP) is 2.04. The van der Waals surface area contributed by atoms with E-state index in [1.165, 1.54) is 19.2 Å². The molecule has 1 atom stereocenters. The van der Waals surface area contributed by atoms with Crippen LogP contribution in [0.2, 0.25) is 5.02 Å². The van der Waals surface area contributed by atoms with Crippen molar-refractivity contribution in [3.05, 3.63) is 22.7 Å². The number of carbonyl (C=O) groups is 1. The summed E-state index contributed by atoms with van der Waals surface area (Å²) in [7, 11) is -2.58. The van der Waals surface area contributed by atoms with Crippen molar-refractivity contribution in [2.45, 2.75) is 31.7 Å². The van der Waals surface area contributed by atoms with Crippen molar-refractivity contribution < 1.29 is 23.1 Å². The SMILES string of the molecule is COc1cc(C)c(S(=O)(=O)N[C@H](C(=O)O)C(C)C)cc1Cl. The molecule has 0 saturated heterocycles. The summed E-state index contributed by atoms with van der Waals surface area (Å²) in [6.45, 7) is 4.82. The molecule has 0 saturated carbocycles. The summed E-state index contributed by atoms with van der Waals surface area (Å²) in [5.41, 5.74) is 0.414. The van der Waals surface area contributed by atoms with E-state index in [0.717, 1.165) is 0 Å². The zero-order chi connectivity index (χ0) is 16.4. The number of benzene rings is 1. The topological polar surface area (TPSA) is 92.7 Å². The summed E-state index contributed by atoms with van der Waals surface area (Å²) >= 11 is 5.94. The first-order chi connectivity index (χ1) is 9.60. The maximum absolute atomic E-state index is 12.4. The second-order valence-corrected chi connectivity index (χ2v) is 7.02. The quantitative estimate of drug-likeness (QED) is 0.830. The first-order valence-corrected chi connectivity index (χ1v) is 8.05. The van der Waals surface area contributed by atoms with Crippen LogP contribution in [0.3, 0.4) is 0 Å². The van der Waals surface area contributed by atoms with Crippen LogP contribution in [-0.4, -0.2) is 32.6 Å². The highest BCUT2D eigenvalue weighted by Crippen LogP contribution is 2.30. The molecular formula is C13H18ClNO5S. The zero-order valence-corrected chi connectivity index (χ0v) is 13.7. The van der Waals surface area contributed by atoms with E-state index < -0.39 is 28.0 Å². The van der Waals surface area contributed by atoms with Gasteiger partial charge in [0.2, 0.25) is 10.0 Å². The number of carboxylic acids is 1. The number of aryl methyl sites for hydroxylation is 1. The number of carboxylic acid groups (broad SMARTS) is 1. The minimum atomic E-state index is -4.00. The Balaban J connectivity index is 3.25.